The molecular weight excluding hydrogens is 328 g/mol. The number of amides is 1. The van der Waals surface area contributed by atoms with E-state index in [1.54, 1.807) is 4.90 Å². The van der Waals surface area contributed by atoms with E-state index in [4.69, 9.17) is 9.47 Å². The maximum Gasteiger partial charge on any atom is 0.257 e. The summed E-state index contributed by atoms with van der Waals surface area (Å²) in [6, 6.07) is 15.5. The Labute approximate surface area is 153 Å². The van der Waals surface area contributed by atoms with Crippen LogP contribution in [0.2, 0.25) is 0 Å². The third kappa shape index (κ3) is 2.82. The number of para-hydroxylation sites is 2. The Morgan fingerprint density at radius 2 is 2.00 bits per heavy atom. The number of hydrogen-bond acceptors (Lipinski definition) is 4. The highest BCUT2D eigenvalue weighted by Gasteiger charge is 2.41. The topological polar surface area (TPSA) is 50.8 Å². The quantitative estimate of drug-likeness (QED) is 0.913. The number of benzene rings is 2. The van der Waals surface area contributed by atoms with Crippen molar-refractivity contribution in [1.29, 1.82) is 0 Å². The molecule has 4 rings (SSSR count). The van der Waals surface area contributed by atoms with Crippen molar-refractivity contribution in [2.45, 2.75) is 31.5 Å². The minimum atomic E-state index is -0.696. The van der Waals surface area contributed by atoms with E-state index in [-0.39, 0.29) is 12.0 Å². The van der Waals surface area contributed by atoms with Crippen molar-refractivity contribution in [1.82, 2.24) is 4.90 Å². The van der Waals surface area contributed by atoms with Crippen molar-refractivity contribution < 1.29 is 14.3 Å². The summed E-state index contributed by atoms with van der Waals surface area (Å²) in [5.74, 6) is 0.771. The average molecular weight is 352 g/mol. The van der Waals surface area contributed by atoms with Gasteiger partial charge in [-0.25, -0.2) is 0 Å². The van der Waals surface area contributed by atoms with E-state index in [2.05, 4.69) is 5.32 Å². The van der Waals surface area contributed by atoms with Crippen LogP contribution >= 0.6 is 0 Å². The molecule has 1 amide bonds. The van der Waals surface area contributed by atoms with E-state index in [1.807, 2.05) is 62.5 Å². The average Bonchev–Trinajstić information content (AvgIpc) is 3.18. The highest BCUT2D eigenvalue weighted by Crippen LogP contribution is 2.40. The van der Waals surface area contributed by atoms with Crippen LogP contribution in [0.25, 0.3) is 0 Å². The van der Waals surface area contributed by atoms with Crippen LogP contribution in [0.15, 0.2) is 48.5 Å². The van der Waals surface area contributed by atoms with Gasteiger partial charge in [0.2, 0.25) is 0 Å². The highest BCUT2D eigenvalue weighted by atomic mass is 16.5. The number of fused-ring (bicyclic) bond motifs is 1. The van der Waals surface area contributed by atoms with E-state index in [0.29, 0.717) is 12.2 Å². The number of nitrogens with one attached hydrogen (secondary N) is 1. The zero-order valence-corrected chi connectivity index (χ0v) is 15.2. The first-order valence-corrected chi connectivity index (χ1v) is 9.09. The molecule has 2 aliphatic rings. The molecule has 2 heterocycles. The summed E-state index contributed by atoms with van der Waals surface area (Å²) in [6.07, 6.45) is 2.27. The SMILES string of the molecule is CN1C(=O)c2ccccc2NC1(C)c1ccccc1OCC1CCCO1. The molecule has 0 aromatic heterocycles. The molecular formula is C21H24N2O3. The third-order valence-electron chi connectivity index (χ3n) is 5.37. The van der Waals surface area contributed by atoms with E-state index in [9.17, 15) is 4.79 Å². The van der Waals surface area contributed by atoms with Crippen molar-refractivity contribution in [3.63, 3.8) is 0 Å². The molecule has 2 unspecified atom stereocenters. The van der Waals surface area contributed by atoms with Crippen LogP contribution in [0.5, 0.6) is 5.75 Å². The van der Waals surface area contributed by atoms with E-state index in [0.717, 1.165) is 36.4 Å². The summed E-state index contributed by atoms with van der Waals surface area (Å²) < 4.78 is 11.8. The van der Waals surface area contributed by atoms with E-state index in [1.165, 1.54) is 0 Å². The lowest BCUT2D eigenvalue weighted by atomic mass is 9.93. The maximum absolute atomic E-state index is 12.9. The predicted octanol–water partition coefficient (Wildman–Crippen LogP) is 3.61. The van der Waals surface area contributed by atoms with Crippen molar-refractivity contribution in [2.24, 2.45) is 0 Å². The van der Waals surface area contributed by atoms with Crippen LogP contribution in [-0.2, 0) is 10.4 Å². The van der Waals surface area contributed by atoms with Gasteiger partial charge in [0.05, 0.1) is 11.7 Å². The van der Waals surface area contributed by atoms with Gasteiger partial charge in [-0.2, -0.15) is 0 Å². The molecule has 0 saturated carbocycles. The van der Waals surface area contributed by atoms with Crippen LogP contribution in [0.4, 0.5) is 5.69 Å². The number of nitrogens with zero attached hydrogens (tertiary/aromatic N) is 1. The molecule has 136 valence electrons. The molecule has 2 aromatic rings. The fraction of sp³-hybridized carbons (Fsp3) is 0.381. The summed E-state index contributed by atoms with van der Waals surface area (Å²) in [5, 5.41) is 3.53. The number of carbonyl (C=O) groups excluding carboxylic acids is 1. The van der Waals surface area contributed by atoms with Crippen LogP contribution in [-0.4, -0.2) is 37.2 Å². The highest BCUT2D eigenvalue weighted by molar-refractivity contribution is 6.02. The minimum absolute atomic E-state index is 0.00391. The molecule has 0 radical (unpaired) electrons. The first-order chi connectivity index (χ1) is 12.6. The van der Waals surface area contributed by atoms with Crippen LogP contribution in [0.1, 0.15) is 35.7 Å². The predicted molar refractivity (Wildman–Crippen MR) is 100 cm³/mol. The molecule has 0 bridgehead atoms. The van der Waals surface area contributed by atoms with Gasteiger partial charge in [-0.3, -0.25) is 4.79 Å². The van der Waals surface area contributed by atoms with Gasteiger partial charge < -0.3 is 19.7 Å². The fourth-order valence-electron chi connectivity index (χ4n) is 3.71. The minimum Gasteiger partial charge on any atom is -0.490 e. The van der Waals surface area contributed by atoms with Crippen molar-refractivity contribution >= 4 is 11.6 Å². The lowest BCUT2D eigenvalue weighted by molar-refractivity contribution is 0.0575. The Morgan fingerprint density at radius 1 is 1.23 bits per heavy atom. The van der Waals surface area contributed by atoms with Crippen molar-refractivity contribution in [3.05, 3.63) is 59.7 Å². The zero-order valence-electron chi connectivity index (χ0n) is 15.2. The number of rotatable bonds is 4. The van der Waals surface area contributed by atoms with Crippen molar-refractivity contribution in [3.8, 4) is 5.75 Å². The van der Waals surface area contributed by atoms with Crippen LogP contribution in [0.3, 0.4) is 0 Å². The number of anilines is 1. The molecule has 1 saturated heterocycles. The molecule has 1 N–H and O–H groups in total. The zero-order chi connectivity index (χ0) is 18.1. The molecule has 26 heavy (non-hydrogen) atoms. The van der Waals surface area contributed by atoms with E-state index >= 15 is 0 Å². The summed E-state index contributed by atoms with van der Waals surface area (Å²) in [4.78, 5) is 14.6. The Bertz CT molecular complexity index is 816. The summed E-state index contributed by atoms with van der Waals surface area (Å²) in [5.41, 5.74) is 1.76. The monoisotopic (exact) mass is 352 g/mol. The van der Waals surface area contributed by atoms with Gasteiger partial charge in [0, 0.05) is 24.9 Å². The van der Waals surface area contributed by atoms with Gasteiger partial charge in [0.25, 0.3) is 5.91 Å². The normalized spacial score (nSPS) is 24.9. The summed E-state index contributed by atoms with van der Waals surface area (Å²) >= 11 is 0. The van der Waals surface area contributed by atoms with Gasteiger partial charge in [0.1, 0.15) is 18.0 Å². The largest absolute Gasteiger partial charge is 0.490 e. The third-order valence-corrected chi connectivity index (χ3v) is 5.37. The smallest absolute Gasteiger partial charge is 0.257 e. The molecule has 0 aliphatic carbocycles. The molecule has 2 aliphatic heterocycles. The molecule has 0 spiro atoms. The Balaban J connectivity index is 1.67. The molecule has 2 atom stereocenters. The second kappa shape index (κ2) is 6.65. The van der Waals surface area contributed by atoms with Gasteiger partial charge in [-0.1, -0.05) is 30.3 Å². The van der Waals surface area contributed by atoms with Crippen molar-refractivity contribution in [2.75, 3.05) is 25.6 Å². The lowest BCUT2D eigenvalue weighted by Crippen LogP contribution is -2.54. The molecule has 1 fully saturated rings. The Kier molecular flexibility index (Phi) is 4.32. The standard InChI is InChI=1S/C21H24N2O3/c1-21(22-18-11-5-3-9-16(18)20(24)23(21)2)17-10-4-6-12-19(17)26-14-15-8-7-13-25-15/h3-6,9-12,15,22H,7-8,13-14H2,1-2H3. The second-order valence-electron chi connectivity index (χ2n) is 7.05. The number of carbonyl (C=O) groups is 1. The second-order valence-corrected chi connectivity index (χ2v) is 7.05. The lowest BCUT2D eigenvalue weighted by Gasteiger charge is -2.45. The maximum atomic E-state index is 12.9. The number of ether oxygens (including phenoxy) is 2. The van der Waals surface area contributed by atoms with Crippen LogP contribution in [0, 0.1) is 0 Å². The first kappa shape index (κ1) is 16.9. The van der Waals surface area contributed by atoms with Gasteiger partial charge in [0.15, 0.2) is 0 Å². The molecule has 5 nitrogen and oxygen atoms in total. The Hall–Kier alpha value is -2.53. The molecule has 2 aromatic carbocycles. The van der Waals surface area contributed by atoms with Crippen LogP contribution < -0.4 is 10.1 Å². The fourth-order valence-corrected chi connectivity index (χ4v) is 3.71. The van der Waals surface area contributed by atoms with Gasteiger partial charge in [-0.15, -0.1) is 0 Å². The first-order valence-electron chi connectivity index (χ1n) is 9.09. The summed E-state index contributed by atoms with van der Waals surface area (Å²) in [7, 11) is 1.82. The summed E-state index contributed by atoms with van der Waals surface area (Å²) in [6.45, 7) is 3.35. The van der Waals surface area contributed by atoms with E-state index < -0.39 is 5.66 Å². The molecule has 5 heteroatoms. The van der Waals surface area contributed by atoms with Gasteiger partial charge >= 0.3 is 0 Å². The number of hydrogen-bond donors (Lipinski definition) is 1. The Morgan fingerprint density at radius 3 is 2.81 bits per heavy atom. The van der Waals surface area contributed by atoms with Gasteiger partial charge in [-0.05, 0) is 38.0 Å².